The monoisotopic (exact) mass is 608 g/mol. The number of carbonyl (C=O) groups is 1. The van der Waals surface area contributed by atoms with Gasteiger partial charge in [0.1, 0.15) is 11.9 Å². The lowest BCUT2D eigenvalue weighted by atomic mass is 9.93. The molecule has 228 valence electrons. The highest BCUT2D eigenvalue weighted by Crippen LogP contribution is 2.33. The van der Waals surface area contributed by atoms with E-state index in [0.29, 0.717) is 42.4 Å². The molecule has 1 amide bonds. The van der Waals surface area contributed by atoms with Gasteiger partial charge < -0.3 is 14.4 Å². The van der Waals surface area contributed by atoms with Crippen LogP contribution in [0.1, 0.15) is 57.4 Å². The number of hydrogen-bond acceptors (Lipinski definition) is 7. The second-order valence-electron chi connectivity index (χ2n) is 12.2. The van der Waals surface area contributed by atoms with Gasteiger partial charge >= 0.3 is 11.8 Å². The van der Waals surface area contributed by atoms with Crippen LogP contribution in [0.4, 0.5) is 4.79 Å². The van der Waals surface area contributed by atoms with Crippen LogP contribution in [0.3, 0.4) is 0 Å². The summed E-state index contributed by atoms with van der Waals surface area (Å²) in [5, 5.41) is 4.95. The molecule has 0 saturated carbocycles. The molecule has 1 aromatic carbocycles. The predicted molar refractivity (Wildman–Crippen MR) is 164 cm³/mol. The molecule has 12 heteroatoms. The molecule has 11 nitrogen and oxygen atoms in total. The van der Waals surface area contributed by atoms with Crippen molar-refractivity contribution >= 4 is 23.2 Å². The van der Waals surface area contributed by atoms with Crippen molar-refractivity contribution in [1.82, 2.24) is 28.6 Å². The molecule has 1 atom stereocenters. The third-order valence-corrected chi connectivity index (χ3v) is 7.59. The molecule has 1 aliphatic rings. The molecule has 1 aliphatic heterocycles. The van der Waals surface area contributed by atoms with Crippen LogP contribution in [0.15, 0.2) is 52.6 Å². The third kappa shape index (κ3) is 6.67. The number of rotatable bonds is 6. The highest BCUT2D eigenvalue weighted by atomic mass is 35.5. The largest absolute Gasteiger partial charge is 0.444 e. The van der Waals surface area contributed by atoms with Crippen molar-refractivity contribution < 1.29 is 14.3 Å². The zero-order valence-electron chi connectivity index (χ0n) is 25.3. The number of aryl methyl sites for hydroxylation is 1. The number of morpholine rings is 1. The summed E-state index contributed by atoms with van der Waals surface area (Å²) >= 11 is 6.55. The number of halogens is 1. The van der Waals surface area contributed by atoms with Gasteiger partial charge in [0.15, 0.2) is 0 Å². The van der Waals surface area contributed by atoms with Gasteiger partial charge in [0.25, 0.3) is 5.56 Å². The van der Waals surface area contributed by atoms with Crippen LogP contribution in [0, 0.1) is 6.92 Å². The summed E-state index contributed by atoms with van der Waals surface area (Å²) in [5.41, 5.74) is 3.53. The Balaban J connectivity index is 1.49. The zero-order valence-corrected chi connectivity index (χ0v) is 26.1. The Morgan fingerprint density at radius 1 is 1.21 bits per heavy atom. The highest BCUT2D eigenvalue weighted by molar-refractivity contribution is 6.31. The lowest BCUT2D eigenvalue weighted by Crippen LogP contribution is -2.48. The van der Waals surface area contributed by atoms with Crippen LogP contribution >= 0.6 is 11.6 Å². The van der Waals surface area contributed by atoms with Crippen LogP contribution in [-0.4, -0.2) is 66.1 Å². The number of hydrogen-bond donors (Lipinski definition) is 0. The van der Waals surface area contributed by atoms with Gasteiger partial charge in [-0.25, -0.2) is 19.1 Å². The first-order valence-corrected chi connectivity index (χ1v) is 14.7. The molecule has 4 aromatic rings. The van der Waals surface area contributed by atoms with Crippen molar-refractivity contribution in [3.63, 3.8) is 0 Å². The molecule has 0 bridgehead atoms. The Morgan fingerprint density at radius 2 is 1.98 bits per heavy atom. The van der Waals surface area contributed by atoms with Crippen LogP contribution in [0.5, 0.6) is 0 Å². The molecule has 1 fully saturated rings. The van der Waals surface area contributed by atoms with Crippen molar-refractivity contribution in [2.75, 3.05) is 19.7 Å². The molecular weight excluding hydrogens is 572 g/mol. The quantitative estimate of drug-likeness (QED) is 0.317. The Labute approximate surface area is 254 Å². The summed E-state index contributed by atoms with van der Waals surface area (Å²) in [5.74, 6) is 0. The molecule has 0 spiro atoms. The van der Waals surface area contributed by atoms with Crippen molar-refractivity contribution in [3.05, 3.63) is 85.5 Å². The molecule has 43 heavy (non-hydrogen) atoms. The van der Waals surface area contributed by atoms with E-state index in [1.165, 1.54) is 27.7 Å². The molecular formula is C31H37ClN6O5. The minimum absolute atomic E-state index is 0.0845. The minimum Gasteiger partial charge on any atom is -0.444 e. The van der Waals surface area contributed by atoms with E-state index < -0.39 is 5.60 Å². The predicted octanol–water partition coefficient (Wildman–Crippen LogP) is 4.49. The van der Waals surface area contributed by atoms with E-state index in [-0.39, 0.29) is 36.0 Å². The second-order valence-corrected chi connectivity index (χ2v) is 12.6. The first kappa shape index (κ1) is 30.5. The van der Waals surface area contributed by atoms with Gasteiger partial charge in [0.05, 0.1) is 37.0 Å². The number of ether oxygens (including phenoxy) is 2. The standard InChI is InChI=1S/C31H37ClN6O5/c1-19(2)36-8-7-27(39)37(29(36)40)15-21-12-26-28(33-18-34-38(26)16-21)25-13-22(32)11-20(3)24(25)14-23-17-35(9-10-42-23)30(41)43-31(4,5)6/h7-8,11-13,16,18-19,23H,9-10,14-15,17H2,1-6H3/t23-/m1/s1. The van der Waals surface area contributed by atoms with Crippen molar-refractivity contribution in [3.8, 4) is 11.3 Å². The van der Waals surface area contributed by atoms with Gasteiger partial charge in [-0.3, -0.25) is 13.9 Å². The fourth-order valence-electron chi connectivity index (χ4n) is 5.35. The average molecular weight is 609 g/mol. The maximum absolute atomic E-state index is 13.0. The first-order valence-electron chi connectivity index (χ1n) is 14.3. The lowest BCUT2D eigenvalue weighted by molar-refractivity contribution is -0.0415. The SMILES string of the molecule is Cc1cc(Cl)cc(-c2ncnn3cc(Cn4c(=O)ccn(C(C)C)c4=O)cc23)c1C[C@@H]1CN(C(=O)OC(C)(C)C)CCO1. The summed E-state index contributed by atoms with van der Waals surface area (Å²) in [4.78, 5) is 44.7. The van der Waals surface area contributed by atoms with E-state index in [4.69, 9.17) is 21.1 Å². The van der Waals surface area contributed by atoms with E-state index in [0.717, 1.165) is 22.3 Å². The Morgan fingerprint density at radius 3 is 2.70 bits per heavy atom. The molecule has 0 radical (unpaired) electrons. The zero-order chi connectivity index (χ0) is 31.1. The van der Waals surface area contributed by atoms with Gasteiger partial charge in [0, 0.05) is 48.1 Å². The molecule has 0 unspecified atom stereocenters. The van der Waals surface area contributed by atoms with Crippen molar-refractivity contribution in [2.45, 2.75) is 72.3 Å². The first-order chi connectivity index (χ1) is 20.3. The maximum Gasteiger partial charge on any atom is 0.410 e. The Bertz CT molecular complexity index is 1780. The van der Waals surface area contributed by atoms with Crippen LogP contribution in [0.25, 0.3) is 16.8 Å². The maximum atomic E-state index is 13.0. The van der Waals surface area contributed by atoms with E-state index in [1.807, 2.05) is 59.7 Å². The molecule has 5 rings (SSSR count). The second kappa shape index (κ2) is 12.0. The summed E-state index contributed by atoms with van der Waals surface area (Å²) in [6.07, 6.45) is 4.69. The topological polar surface area (TPSA) is 113 Å². The van der Waals surface area contributed by atoms with Gasteiger partial charge in [-0.15, -0.1) is 0 Å². The average Bonchev–Trinajstić information content (AvgIpc) is 3.34. The summed E-state index contributed by atoms with van der Waals surface area (Å²) in [7, 11) is 0. The number of aromatic nitrogens is 5. The van der Waals surface area contributed by atoms with Gasteiger partial charge in [-0.2, -0.15) is 5.10 Å². The number of nitrogens with zero attached hydrogens (tertiary/aromatic N) is 6. The minimum atomic E-state index is -0.585. The number of fused-ring (bicyclic) bond motifs is 1. The Hall–Kier alpha value is -3.96. The van der Waals surface area contributed by atoms with Crippen LogP contribution in [-0.2, 0) is 22.4 Å². The summed E-state index contributed by atoms with van der Waals surface area (Å²) < 4.78 is 16.1. The molecule has 4 heterocycles. The number of amides is 1. The number of carbonyl (C=O) groups excluding carboxylic acids is 1. The van der Waals surface area contributed by atoms with E-state index >= 15 is 0 Å². The van der Waals surface area contributed by atoms with Gasteiger partial charge in [0.2, 0.25) is 0 Å². The highest BCUT2D eigenvalue weighted by Gasteiger charge is 2.29. The molecule has 0 N–H and O–H groups in total. The van der Waals surface area contributed by atoms with E-state index in [9.17, 15) is 14.4 Å². The van der Waals surface area contributed by atoms with E-state index in [1.54, 1.807) is 15.6 Å². The summed E-state index contributed by atoms with van der Waals surface area (Å²) in [6.45, 7) is 12.7. The third-order valence-electron chi connectivity index (χ3n) is 7.37. The van der Waals surface area contributed by atoms with Crippen molar-refractivity contribution in [2.24, 2.45) is 0 Å². The normalized spacial score (nSPS) is 15.8. The van der Waals surface area contributed by atoms with Crippen molar-refractivity contribution in [1.29, 1.82) is 0 Å². The molecule has 3 aromatic heterocycles. The fourth-order valence-corrected chi connectivity index (χ4v) is 5.62. The smallest absolute Gasteiger partial charge is 0.410 e. The summed E-state index contributed by atoms with van der Waals surface area (Å²) in [6, 6.07) is 6.98. The Kier molecular flexibility index (Phi) is 8.49. The molecule has 0 aliphatic carbocycles. The van der Waals surface area contributed by atoms with Crippen LogP contribution < -0.4 is 11.2 Å². The van der Waals surface area contributed by atoms with Gasteiger partial charge in [-0.05, 0) is 76.4 Å². The fraction of sp³-hybridized carbons (Fsp3) is 0.452. The van der Waals surface area contributed by atoms with E-state index in [2.05, 4.69) is 10.1 Å². The lowest BCUT2D eigenvalue weighted by Gasteiger charge is -2.34. The molecule has 1 saturated heterocycles. The van der Waals surface area contributed by atoms with Crippen LogP contribution in [0.2, 0.25) is 5.02 Å². The number of benzene rings is 1. The van der Waals surface area contributed by atoms with Gasteiger partial charge in [-0.1, -0.05) is 11.6 Å².